The molecule has 0 aromatic carbocycles. The number of likely N-dealkylation sites (tertiary alicyclic amines) is 1. The topological polar surface area (TPSA) is 23.6 Å². The zero-order chi connectivity index (χ0) is 12.7. The van der Waals surface area contributed by atoms with Crippen molar-refractivity contribution in [1.82, 2.24) is 9.80 Å². The molecular formula is C15H22N2O. The van der Waals surface area contributed by atoms with Gasteiger partial charge in [0.15, 0.2) is 5.78 Å². The van der Waals surface area contributed by atoms with Crippen molar-refractivity contribution in [3.63, 3.8) is 0 Å². The van der Waals surface area contributed by atoms with Crippen LogP contribution in [0.15, 0.2) is 24.9 Å². The molecule has 2 bridgehead atoms. The van der Waals surface area contributed by atoms with Gasteiger partial charge in [-0.3, -0.25) is 4.79 Å². The highest BCUT2D eigenvalue weighted by Crippen LogP contribution is 2.39. The second kappa shape index (κ2) is 4.54. The van der Waals surface area contributed by atoms with Gasteiger partial charge in [-0.2, -0.15) is 0 Å². The number of hydrogen-bond donors (Lipinski definition) is 0. The maximum Gasteiger partial charge on any atom is 0.159 e. The van der Waals surface area contributed by atoms with Gasteiger partial charge in [0.1, 0.15) is 0 Å². The largest absolute Gasteiger partial charge is 0.373 e. The quantitative estimate of drug-likeness (QED) is 0.692. The molecule has 98 valence electrons. The summed E-state index contributed by atoms with van der Waals surface area (Å²) in [6.45, 7) is 6.11. The number of hydrogen-bond acceptors (Lipinski definition) is 3. The standard InChI is InChI=1S/C15H22N2O/c1-3-4-14-12-7-11(9-16(14)2)15-8-13(18)5-6-17(15)10-12/h3,5-6,11-12,14-15H,1,4,7-10H2,2H3/t11-,12-,14-,15+/m0/s1. The van der Waals surface area contributed by atoms with E-state index in [1.807, 2.05) is 12.3 Å². The number of ketones is 1. The van der Waals surface area contributed by atoms with Gasteiger partial charge < -0.3 is 9.80 Å². The smallest absolute Gasteiger partial charge is 0.159 e. The molecule has 0 aliphatic carbocycles. The first kappa shape index (κ1) is 12.0. The van der Waals surface area contributed by atoms with Crippen LogP contribution < -0.4 is 0 Å². The summed E-state index contributed by atoms with van der Waals surface area (Å²) in [6, 6.07) is 1.08. The van der Waals surface area contributed by atoms with Crippen LogP contribution in [-0.2, 0) is 4.79 Å². The van der Waals surface area contributed by atoms with E-state index in [9.17, 15) is 4.79 Å². The number of fused-ring (bicyclic) bond motifs is 4. The Labute approximate surface area is 109 Å². The van der Waals surface area contributed by atoms with Crippen molar-refractivity contribution in [2.24, 2.45) is 11.8 Å². The zero-order valence-electron chi connectivity index (χ0n) is 11.1. The van der Waals surface area contributed by atoms with E-state index in [4.69, 9.17) is 0 Å². The molecule has 3 aliphatic rings. The number of allylic oxidation sites excluding steroid dienone is 1. The number of piperidine rings is 2. The molecule has 3 heterocycles. The molecule has 0 aromatic heterocycles. The summed E-state index contributed by atoms with van der Waals surface area (Å²) in [5.41, 5.74) is 0. The van der Waals surface area contributed by atoms with Crippen molar-refractivity contribution in [2.45, 2.75) is 31.3 Å². The SMILES string of the molecule is C=CC[C@H]1[C@H]2C[C@@H](CN1C)[C@H]1CC(=O)C=CN1C2. The third-order valence-corrected chi connectivity index (χ3v) is 4.92. The summed E-state index contributed by atoms with van der Waals surface area (Å²) >= 11 is 0. The number of carbonyl (C=O) groups is 1. The molecule has 0 spiro atoms. The summed E-state index contributed by atoms with van der Waals surface area (Å²) in [7, 11) is 2.23. The number of nitrogens with zero attached hydrogens (tertiary/aromatic N) is 2. The number of carbonyl (C=O) groups excluding carboxylic acids is 1. The van der Waals surface area contributed by atoms with Crippen LogP contribution >= 0.6 is 0 Å². The zero-order valence-corrected chi connectivity index (χ0v) is 11.1. The van der Waals surface area contributed by atoms with Crippen LogP contribution in [0.25, 0.3) is 0 Å². The van der Waals surface area contributed by atoms with Crippen LogP contribution in [0.5, 0.6) is 0 Å². The first-order valence-electron chi connectivity index (χ1n) is 6.97. The minimum Gasteiger partial charge on any atom is -0.373 e. The average Bonchev–Trinajstić information content (AvgIpc) is 2.35. The van der Waals surface area contributed by atoms with E-state index in [-0.39, 0.29) is 0 Å². The Hall–Kier alpha value is -1.09. The lowest BCUT2D eigenvalue weighted by Gasteiger charge is -2.54. The molecule has 0 amide bonds. The van der Waals surface area contributed by atoms with Crippen molar-refractivity contribution < 1.29 is 4.79 Å². The molecule has 0 saturated carbocycles. The summed E-state index contributed by atoms with van der Waals surface area (Å²) < 4.78 is 0. The molecule has 0 radical (unpaired) electrons. The van der Waals surface area contributed by atoms with Gasteiger partial charge in [0.05, 0.1) is 0 Å². The van der Waals surface area contributed by atoms with Gasteiger partial charge in [-0.1, -0.05) is 6.08 Å². The van der Waals surface area contributed by atoms with Gasteiger partial charge in [-0.05, 0) is 37.8 Å². The Morgan fingerprint density at radius 2 is 2.28 bits per heavy atom. The van der Waals surface area contributed by atoms with E-state index in [1.54, 1.807) is 6.08 Å². The van der Waals surface area contributed by atoms with Gasteiger partial charge in [-0.15, -0.1) is 6.58 Å². The monoisotopic (exact) mass is 246 g/mol. The molecule has 3 nitrogen and oxygen atoms in total. The van der Waals surface area contributed by atoms with Crippen molar-refractivity contribution in [3.05, 3.63) is 24.9 Å². The highest BCUT2D eigenvalue weighted by molar-refractivity contribution is 5.90. The van der Waals surface area contributed by atoms with E-state index < -0.39 is 0 Å². The highest BCUT2D eigenvalue weighted by Gasteiger charge is 2.44. The Bertz CT molecular complexity index is 388. The fourth-order valence-corrected chi connectivity index (χ4v) is 4.09. The second-order valence-electron chi connectivity index (χ2n) is 6.04. The molecule has 18 heavy (non-hydrogen) atoms. The maximum atomic E-state index is 11.6. The molecule has 0 aromatic rings. The molecular weight excluding hydrogens is 224 g/mol. The van der Waals surface area contributed by atoms with Crippen LogP contribution in [0.1, 0.15) is 19.3 Å². The predicted molar refractivity (Wildman–Crippen MR) is 72.1 cm³/mol. The van der Waals surface area contributed by atoms with Crippen LogP contribution in [0.4, 0.5) is 0 Å². The minimum absolute atomic E-state index is 0.297. The Morgan fingerprint density at radius 3 is 3.06 bits per heavy atom. The molecule has 0 N–H and O–H groups in total. The Morgan fingerprint density at radius 1 is 1.44 bits per heavy atom. The van der Waals surface area contributed by atoms with E-state index in [1.165, 1.54) is 6.42 Å². The fraction of sp³-hybridized carbons (Fsp3) is 0.667. The van der Waals surface area contributed by atoms with Gasteiger partial charge in [-0.25, -0.2) is 0 Å². The van der Waals surface area contributed by atoms with Gasteiger partial charge in [0.25, 0.3) is 0 Å². The molecule has 2 saturated heterocycles. The average molecular weight is 246 g/mol. The van der Waals surface area contributed by atoms with Crippen molar-refractivity contribution in [1.29, 1.82) is 0 Å². The van der Waals surface area contributed by atoms with Gasteiger partial charge in [0.2, 0.25) is 0 Å². The summed E-state index contributed by atoms with van der Waals surface area (Å²) in [4.78, 5) is 16.5. The van der Waals surface area contributed by atoms with Crippen LogP contribution in [0.3, 0.4) is 0 Å². The van der Waals surface area contributed by atoms with Gasteiger partial charge in [0, 0.05) is 37.8 Å². The lowest BCUT2D eigenvalue weighted by Crippen LogP contribution is -2.60. The molecule has 2 fully saturated rings. The van der Waals surface area contributed by atoms with Gasteiger partial charge >= 0.3 is 0 Å². The van der Waals surface area contributed by atoms with Crippen molar-refractivity contribution in [3.8, 4) is 0 Å². The molecule has 3 aliphatic heterocycles. The normalized spacial score (nSPS) is 39.6. The summed E-state index contributed by atoms with van der Waals surface area (Å²) in [6.07, 6.45) is 8.91. The van der Waals surface area contributed by atoms with Crippen LogP contribution in [0.2, 0.25) is 0 Å². The third kappa shape index (κ3) is 1.91. The Balaban J connectivity index is 1.82. The van der Waals surface area contributed by atoms with Crippen molar-refractivity contribution in [2.75, 3.05) is 20.1 Å². The number of rotatable bonds is 2. The third-order valence-electron chi connectivity index (χ3n) is 4.92. The summed E-state index contributed by atoms with van der Waals surface area (Å²) in [5.74, 6) is 1.68. The van der Waals surface area contributed by atoms with E-state index >= 15 is 0 Å². The molecule has 4 atom stereocenters. The lowest BCUT2D eigenvalue weighted by atomic mass is 9.73. The molecule has 3 rings (SSSR count). The fourth-order valence-electron chi connectivity index (χ4n) is 4.09. The van der Waals surface area contributed by atoms with E-state index in [0.29, 0.717) is 30.2 Å². The Kier molecular flexibility index (Phi) is 3.02. The first-order valence-corrected chi connectivity index (χ1v) is 6.97. The van der Waals surface area contributed by atoms with Crippen LogP contribution in [0, 0.1) is 11.8 Å². The predicted octanol–water partition coefficient (Wildman–Crippen LogP) is 1.67. The highest BCUT2D eigenvalue weighted by atomic mass is 16.1. The minimum atomic E-state index is 0.297. The molecule has 3 heteroatoms. The summed E-state index contributed by atoms with van der Waals surface area (Å²) in [5, 5.41) is 0. The second-order valence-corrected chi connectivity index (χ2v) is 6.04. The van der Waals surface area contributed by atoms with Crippen molar-refractivity contribution >= 4 is 5.78 Å². The van der Waals surface area contributed by atoms with E-state index in [0.717, 1.165) is 25.4 Å². The maximum absolute atomic E-state index is 11.6. The van der Waals surface area contributed by atoms with E-state index in [2.05, 4.69) is 23.4 Å². The van der Waals surface area contributed by atoms with Crippen LogP contribution in [-0.4, -0.2) is 47.8 Å². The first-order chi connectivity index (χ1) is 8.69. The lowest BCUT2D eigenvalue weighted by molar-refractivity contribution is -0.119. The molecule has 0 unspecified atom stereocenters.